The molecule has 0 aliphatic carbocycles. The van der Waals surface area contributed by atoms with Crippen molar-refractivity contribution in [1.82, 2.24) is 24.8 Å². The van der Waals surface area contributed by atoms with Crippen LogP contribution in [0, 0.1) is 5.82 Å². The molecule has 0 unspecified atom stereocenters. The lowest BCUT2D eigenvalue weighted by atomic mass is 10.1. The fourth-order valence-corrected chi connectivity index (χ4v) is 4.34. The van der Waals surface area contributed by atoms with Crippen LogP contribution in [-0.2, 0) is 22.6 Å². The summed E-state index contributed by atoms with van der Waals surface area (Å²) in [5.41, 5.74) is 9.68. The van der Waals surface area contributed by atoms with Gasteiger partial charge < -0.3 is 21.2 Å². The van der Waals surface area contributed by atoms with Crippen LogP contribution in [0.5, 0.6) is 0 Å². The number of aromatic nitrogens is 3. The van der Waals surface area contributed by atoms with Gasteiger partial charge in [0.1, 0.15) is 24.5 Å². The Labute approximate surface area is 244 Å². The number of fused-ring (bicyclic) bond motifs is 1. The molecule has 12 heteroatoms. The van der Waals surface area contributed by atoms with Gasteiger partial charge >= 0.3 is 6.03 Å². The maximum absolute atomic E-state index is 13.0. The number of imide groups is 1. The first-order valence-electron chi connectivity index (χ1n) is 13.7. The number of carbonyl (C=O) groups excluding carboxylic acids is 3. The van der Waals surface area contributed by atoms with Crippen LogP contribution in [-0.4, -0.2) is 57.9 Å². The summed E-state index contributed by atoms with van der Waals surface area (Å²) in [7, 11) is 0. The zero-order valence-electron chi connectivity index (χ0n) is 23.7. The lowest BCUT2D eigenvalue weighted by molar-refractivity contribution is -0.119. The Morgan fingerprint density at radius 1 is 1.00 bits per heavy atom. The van der Waals surface area contributed by atoms with Crippen LogP contribution in [0.15, 0.2) is 67.1 Å². The molecule has 2 heterocycles. The molecular formula is C30H37FN8O3. The summed E-state index contributed by atoms with van der Waals surface area (Å²) in [6.45, 7) is 7.56. The number of nitrogens with one attached hydrogen (secondary N) is 3. The van der Waals surface area contributed by atoms with Crippen LogP contribution in [0.4, 0.5) is 26.4 Å². The van der Waals surface area contributed by atoms with E-state index in [0.717, 1.165) is 55.7 Å². The fourth-order valence-electron chi connectivity index (χ4n) is 4.34. The minimum absolute atomic E-state index is 0.0327. The Kier molecular flexibility index (Phi) is 12.5. The highest BCUT2D eigenvalue weighted by Gasteiger charge is 2.14. The summed E-state index contributed by atoms with van der Waals surface area (Å²) in [4.78, 5) is 39.3. The first kappa shape index (κ1) is 31.8. The van der Waals surface area contributed by atoms with Gasteiger partial charge in [0.2, 0.25) is 5.91 Å². The van der Waals surface area contributed by atoms with Crippen LogP contribution in [0.1, 0.15) is 37.3 Å². The first-order valence-corrected chi connectivity index (χ1v) is 13.7. The third-order valence-electron chi connectivity index (χ3n) is 6.37. The van der Waals surface area contributed by atoms with Crippen LogP contribution in [0.2, 0.25) is 0 Å². The molecule has 222 valence electrons. The topological polar surface area (TPSA) is 147 Å². The maximum atomic E-state index is 13.0. The molecule has 5 N–H and O–H groups in total. The van der Waals surface area contributed by atoms with E-state index < -0.39 is 11.9 Å². The van der Waals surface area contributed by atoms with E-state index in [-0.39, 0.29) is 12.2 Å². The van der Waals surface area contributed by atoms with Gasteiger partial charge in [-0.1, -0.05) is 25.5 Å². The van der Waals surface area contributed by atoms with Gasteiger partial charge in [-0.05, 0) is 86.1 Å². The van der Waals surface area contributed by atoms with Gasteiger partial charge in [-0.25, -0.2) is 18.7 Å². The molecule has 42 heavy (non-hydrogen) atoms. The number of amides is 3. The molecule has 0 bridgehead atoms. The highest BCUT2D eigenvalue weighted by molar-refractivity contribution is 6.01. The number of nitrogens with two attached hydrogens (primary N) is 1. The summed E-state index contributed by atoms with van der Waals surface area (Å²) in [6.07, 6.45) is 6.60. The summed E-state index contributed by atoms with van der Waals surface area (Å²) in [5, 5.41) is 12.6. The Morgan fingerprint density at radius 2 is 1.69 bits per heavy atom. The minimum Gasteiger partial charge on any atom is -0.338 e. The van der Waals surface area contributed by atoms with Crippen LogP contribution in [0.3, 0.4) is 0 Å². The second kappa shape index (κ2) is 16.6. The molecule has 11 nitrogen and oxygen atoms in total. The highest BCUT2D eigenvalue weighted by atomic mass is 19.1. The normalized spacial score (nSPS) is 10.7. The van der Waals surface area contributed by atoms with Crippen LogP contribution < -0.4 is 21.7 Å². The maximum Gasteiger partial charge on any atom is 0.325 e. The van der Waals surface area contributed by atoms with Crippen molar-refractivity contribution in [2.24, 2.45) is 5.73 Å². The average molecular weight is 577 g/mol. The molecule has 0 fully saturated rings. The second-order valence-corrected chi connectivity index (χ2v) is 9.52. The first-order chi connectivity index (χ1) is 20.4. The largest absolute Gasteiger partial charge is 0.338 e. The average Bonchev–Trinajstić information content (AvgIpc) is 3.41. The van der Waals surface area contributed by atoms with Gasteiger partial charge in [0.05, 0.1) is 6.42 Å². The van der Waals surface area contributed by atoms with Crippen molar-refractivity contribution in [1.29, 1.82) is 0 Å². The molecule has 0 radical (unpaired) electrons. The molecule has 0 saturated heterocycles. The van der Waals surface area contributed by atoms with Gasteiger partial charge in [0.15, 0.2) is 5.82 Å². The smallest absolute Gasteiger partial charge is 0.325 e. The summed E-state index contributed by atoms with van der Waals surface area (Å²) < 4.78 is 14.9. The van der Waals surface area contributed by atoms with Crippen molar-refractivity contribution in [2.45, 2.75) is 39.2 Å². The van der Waals surface area contributed by atoms with Gasteiger partial charge in [0, 0.05) is 24.1 Å². The van der Waals surface area contributed by atoms with E-state index in [1.54, 1.807) is 12.1 Å². The number of unbranched alkanes of at least 4 members (excludes halogenated alkanes) is 1. The van der Waals surface area contributed by atoms with E-state index in [1.165, 1.54) is 30.6 Å². The zero-order valence-corrected chi connectivity index (χ0v) is 23.7. The molecule has 2 aromatic carbocycles. The van der Waals surface area contributed by atoms with Crippen LogP contribution >= 0.6 is 0 Å². The molecular weight excluding hydrogens is 539 g/mol. The van der Waals surface area contributed by atoms with Crippen molar-refractivity contribution >= 4 is 41.4 Å². The lowest BCUT2D eigenvalue weighted by Crippen LogP contribution is -2.35. The Bertz CT molecular complexity index is 1420. The minimum atomic E-state index is -0.648. The van der Waals surface area contributed by atoms with Gasteiger partial charge in [-0.3, -0.25) is 15.0 Å². The van der Waals surface area contributed by atoms with Crippen molar-refractivity contribution in [3.63, 3.8) is 0 Å². The van der Waals surface area contributed by atoms with E-state index >= 15 is 0 Å². The number of nitrogens with zero attached hydrogens (tertiary/aromatic N) is 4. The van der Waals surface area contributed by atoms with E-state index in [2.05, 4.69) is 43.9 Å². The molecule has 0 aliphatic heterocycles. The highest BCUT2D eigenvalue weighted by Crippen LogP contribution is 2.25. The Balaban J connectivity index is 0.00000237. The molecule has 2 aromatic heterocycles. The fraction of sp³-hybridized carbons (Fsp3) is 0.300. The summed E-state index contributed by atoms with van der Waals surface area (Å²) >= 11 is 0. The molecule has 3 amide bonds. The third-order valence-corrected chi connectivity index (χ3v) is 6.37. The Hall–Kier alpha value is -4.68. The number of anilines is 3. The number of hydrogen-bond donors (Lipinski definition) is 4. The molecule has 4 aromatic rings. The van der Waals surface area contributed by atoms with E-state index in [1.807, 2.05) is 29.6 Å². The van der Waals surface area contributed by atoms with Crippen molar-refractivity contribution < 1.29 is 18.8 Å². The van der Waals surface area contributed by atoms with Gasteiger partial charge in [-0.2, -0.15) is 5.10 Å². The molecule has 0 spiro atoms. The quantitative estimate of drug-likeness (QED) is 0.185. The standard InChI is InChI=1S/C29H35FN8O2.CH2O/c1-2-3-15-37(16-4-14-31)19-22-13-17-38-27(22)28(32-20-33-38)34-24-9-11-25(12-10-24)35-29(40)36-26(39)18-21-5-7-23(30)8-6-21;1-2/h5-13,17,20H,2-4,14-16,18-19,31H2,1H3,(H,32,33,34)(H2,35,36,39,40);1H2. The van der Waals surface area contributed by atoms with Gasteiger partial charge in [-0.15, -0.1) is 0 Å². The number of halogens is 1. The predicted molar refractivity (Wildman–Crippen MR) is 161 cm³/mol. The summed E-state index contributed by atoms with van der Waals surface area (Å²) in [5.74, 6) is -0.200. The summed E-state index contributed by atoms with van der Waals surface area (Å²) in [6, 6.07) is 14.0. The molecule has 0 aliphatic rings. The SMILES string of the molecule is C=O.CCCCN(CCCN)Cc1ccn2ncnc(Nc3ccc(NC(=O)NC(=O)Cc4ccc(F)cc4)cc3)c12. The van der Waals surface area contributed by atoms with Crippen LogP contribution in [0.25, 0.3) is 5.52 Å². The zero-order chi connectivity index (χ0) is 30.3. The van der Waals surface area contributed by atoms with Crippen molar-refractivity contribution in [3.05, 3.63) is 84.1 Å². The third kappa shape index (κ3) is 9.46. The molecule has 4 rings (SSSR count). The number of urea groups is 1. The number of benzene rings is 2. The molecule has 0 atom stereocenters. The second-order valence-electron chi connectivity index (χ2n) is 9.52. The number of hydrogen-bond acceptors (Lipinski definition) is 8. The number of rotatable bonds is 13. The van der Waals surface area contributed by atoms with E-state index in [9.17, 15) is 14.0 Å². The van der Waals surface area contributed by atoms with E-state index in [0.29, 0.717) is 23.6 Å². The van der Waals surface area contributed by atoms with E-state index in [4.69, 9.17) is 10.5 Å². The van der Waals surface area contributed by atoms with Gasteiger partial charge in [0.25, 0.3) is 0 Å². The predicted octanol–water partition coefficient (Wildman–Crippen LogP) is 4.27. The van der Waals surface area contributed by atoms with Crippen molar-refractivity contribution in [3.8, 4) is 0 Å². The molecule has 0 saturated carbocycles. The lowest BCUT2D eigenvalue weighted by Gasteiger charge is -2.22. The number of carbonyl (C=O) groups is 3. The van der Waals surface area contributed by atoms with Crippen molar-refractivity contribution in [2.75, 3.05) is 30.3 Å². The Morgan fingerprint density at radius 3 is 2.38 bits per heavy atom. The monoisotopic (exact) mass is 576 g/mol.